The number of hydrogen-bond acceptors (Lipinski definition) is 0. The fourth-order valence-electron chi connectivity index (χ4n) is 1.33. The van der Waals surface area contributed by atoms with Gasteiger partial charge in [-0.1, -0.05) is 58.5 Å². The van der Waals surface area contributed by atoms with Gasteiger partial charge < -0.3 is 0 Å². The van der Waals surface area contributed by atoms with E-state index in [0.717, 1.165) is 0 Å². The van der Waals surface area contributed by atoms with E-state index in [4.69, 9.17) is 0 Å². The molecular formula is C10H23BrSi. The van der Waals surface area contributed by atoms with Crippen LogP contribution in [0.2, 0.25) is 19.1 Å². The number of halogens is 1. The van der Waals surface area contributed by atoms with Crippen LogP contribution in [0.3, 0.4) is 0 Å². The van der Waals surface area contributed by atoms with Crippen LogP contribution >= 0.6 is 15.3 Å². The zero-order valence-electron chi connectivity index (χ0n) is 8.83. The average molecular weight is 251 g/mol. The topological polar surface area (TPSA) is 0 Å². The zero-order chi connectivity index (χ0) is 9.45. The minimum atomic E-state index is -0.913. The van der Waals surface area contributed by atoms with E-state index in [1.54, 1.807) is 0 Å². The molecular weight excluding hydrogens is 228 g/mol. The van der Waals surface area contributed by atoms with Gasteiger partial charge in [-0.2, -0.15) is 0 Å². The smallest absolute Gasteiger partial charge is 0.124 e. The minimum absolute atomic E-state index is 0.913. The van der Waals surface area contributed by atoms with Gasteiger partial charge in [0, 0.05) is 0 Å². The number of unbranched alkanes of at least 4 members (excludes halogenated alkanes) is 5. The van der Waals surface area contributed by atoms with Crippen LogP contribution in [0.15, 0.2) is 0 Å². The van der Waals surface area contributed by atoms with Gasteiger partial charge in [0.15, 0.2) is 0 Å². The summed E-state index contributed by atoms with van der Waals surface area (Å²) in [6.45, 7) is 6.13. The largest absolute Gasteiger partial charge is 0.127 e. The van der Waals surface area contributed by atoms with Crippen molar-refractivity contribution in [2.45, 2.75) is 64.6 Å². The molecule has 0 aromatic rings. The highest BCUT2D eigenvalue weighted by molar-refractivity contribution is 9.26. The average Bonchev–Trinajstić information content (AvgIpc) is 1.94. The van der Waals surface area contributed by atoms with Crippen LogP contribution in [0.25, 0.3) is 0 Å². The second kappa shape index (κ2) is 7.13. The molecule has 0 saturated heterocycles. The predicted molar refractivity (Wildman–Crippen MR) is 64.6 cm³/mol. The summed E-state index contributed by atoms with van der Waals surface area (Å²) < 4.78 is 0. The summed E-state index contributed by atoms with van der Waals surface area (Å²) in [4.78, 5) is 0. The van der Waals surface area contributed by atoms with Crippen LogP contribution in [-0.2, 0) is 0 Å². The van der Waals surface area contributed by atoms with E-state index in [0.29, 0.717) is 0 Å². The van der Waals surface area contributed by atoms with Crippen molar-refractivity contribution in [3.05, 3.63) is 0 Å². The van der Waals surface area contributed by atoms with Crippen LogP contribution < -0.4 is 0 Å². The summed E-state index contributed by atoms with van der Waals surface area (Å²) in [6.07, 6.45) is 8.57. The van der Waals surface area contributed by atoms with Crippen LogP contribution in [-0.4, -0.2) is 6.69 Å². The van der Waals surface area contributed by atoms with E-state index in [-0.39, 0.29) is 0 Å². The third kappa shape index (κ3) is 10.7. The Bertz CT molecular complexity index is 96.5. The SMILES string of the molecule is CCCCCCCC[Si](C)(C)Br. The molecule has 0 radical (unpaired) electrons. The first-order valence-electron chi connectivity index (χ1n) is 5.25. The standard InChI is InChI=1S/C10H23BrSi/c1-4-5-6-7-8-9-10-12(2,3)11/h4-10H2,1-3H3. The maximum atomic E-state index is 3.80. The second-order valence-electron chi connectivity index (χ2n) is 4.24. The fraction of sp³-hybridized carbons (Fsp3) is 1.00. The van der Waals surface area contributed by atoms with E-state index < -0.39 is 6.69 Å². The normalized spacial score (nSPS) is 12.0. The van der Waals surface area contributed by atoms with Gasteiger partial charge in [0.05, 0.1) is 0 Å². The molecule has 0 rings (SSSR count). The molecule has 74 valence electrons. The molecule has 0 bridgehead atoms. The first-order chi connectivity index (χ1) is 5.56. The molecule has 12 heavy (non-hydrogen) atoms. The molecule has 0 aromatic heterocycles. The highest BCUT2D eigenvalue weighted by Crippen LogP contribution is 2.20. The van der Waals surface area contributed by atoms with E-state index in [2.05, 4.69) is 35.3 Å². The first-order valence-corrected chi connectivity index (χ1v) is 10.7. The van der Waals surface area contributed by atoms with Gasteiger partial charge >= 0.3 is 0 Å². The third-order valence-electron chi connectivity index (χ3n) is 2.12. The van der Waals surface area contributed by atoms with E-state index in [1.807, 2.05) is 0 Å². The zero-order valence-corrected chi connectivity index (χ0v) is 11.4. The Morgan fingerprint density at radius 2 is 1.42 bits per heavy atom. The van der Waals surface area contributed by atoms with Gasteiger partial charge in [-0.25, -0.2) is 0 Å². The highest BCUT2D eigenvalue weighted by atomic mass is 79.9. The lowest BCUT2D eigenvalue weighted by Crippen LogP contribution is -2.13. The van der Waals surface area contributed by atoms with E-state index in [1.165, 1.54) is 44.6 Å². The third-order valence-corrected chi connectivity index (χ3v) is 4.86. The number of hydrogen-bond donors (Lipinski definition) is 0. The Morgan fingerprint density at radius 3 is 1.92 bits per heavy atom. The van der Waals surface area contributed by atoms with Crippen LogP contribution in [0.5, 0.6) is 0 Å². The first kappa shape index (κ1) is 12.7. The predicted octanol–water partition coefficient (Wildman–Crippen LogP) is 4.95. The lowest BCUT2D eigenvalue weighted by molar-refractivity contribution is 0.623. The number of rotatable bonds is 7. The Morgan fingerprint density at radius 1 is 0.917 bits per heavy atom. The molecule has 0 aliphatic carbocycles. The van der Waals surface area contributed by atoms with Crippen LogP contribution in [0.1, 0.15) is 45.4 Å². The Labute approximate surface area is 86.7 Å². The Kier molecular flexibility index (Phi) is 7.55. The van der Waals surface area contributed by atoms with Crippen molar-refractivity contribution in [3.8, 4) is 0 Å². The molecule has 0 saturated carbocycles. The van der Waals surface area contributed by atoms with Gasteiger partial charge in [0.2, 0.25) is 0 Å². The molecule has 2 heteroatoms. The van der Waals surface area contributed by atoms with Gasteiger partial charge in [0.25, 0.3) is 0 Å². The molecule has 0 fully saturated rings. The second-order valence-corrected chi connectivity index (χ2v) is 14.6. The van der Waals surface area contributed by atoms with Crippen molar-refractivity contribution in [1.29, 1.82) is 0 Å². The molecule has 0 amide bonds. The Balaban J connectivity index is 3.01. The molecule has 0 heterocycles. The van der Waals surface area contributed by atoms with E-state index in [9.17, 15) is 0 Å². The van der Waals surface area contributed by atoms with Crippen LogP contribution in [0.4, 0.5) is 0 Å². The maximum absolute atomic E-state index is 3.80. The molecule has 0 aliphatic rings. The Hall–Kier alpha value is 0.697. The molecule has 0 atom stereocenters. The van der Waals surface area contributed by atoms with Crippen molar-refractivity contribution in [1.82, 2.24) is 0 Å². The van der Waals surface area contributed by atoms with Gasteiger partial charge in [-0.05, 0) is 6.04 Å². The van der Waals surface area contributed by atoms with Crippen molar-refractivity contribution in [2.75, 3.05) is 0 Å². The van der Waals surface area contributed by atoms with Gasteiger partial charge in [0.1, 0.15) is 6.69 Å². The summed E-state index contributed by atoms with van der Waals surface area (Å²) in [5.41, 5.74) is 0. The van der Waals surface area contributed by atoms with E-state index >= 15 is 0 Å². The summed E-state index contributed by atoms with van der Waals surface area (Å²) in [5, 5.41) is 0. The molecule has 0 unspecified atom stereocenters. The summed E-state index contributed by atoms with van der Waals surface area (Å²) in [7, 11) is 0. The summed E-state index contributed by atoms with van der Waals surface area (Å²) in [6, 6.07) is 1.44. The van der Waals surface area contributed by atoms with Gasteiger partial charge in [-0.15, -0.1) is 15.3 Å². The quantitative estimate of drug-likeness (QED) is 0.341. The molecule has 0 N–H and O–H groups in total. The van der Waals surface area contributed by atoms with Crippen molar-refractivity contribution in [3.63, 3.8) is 0 Å². The van der Waals surface area contributed by atoms with Crippen molar-refractivity contribution >= 4 is 22.0 Å². The maximum Gasteiger partial charge on any atom is 0.124 e. The fourth-order valence-corrected chi connectivity index (χ4v) is 3.26. The molecule has 0 aliphatic heterocycles. The lowest BCUT2D eigenvalue weighted by Gasteiger charge is -2.12. The van der Waals surface area contributed by atoms with Crippen molar-refractivity contribution in [2.24, 2.45) is 0 Å². The minimum Gasteiger partial charge on any atom is -0.127 e. The molecule has 0 nitrogen and oxygen atoms in total. The van der Waals surface area contributed by atoms with Gasteiger partial charge in [-0.3, -0.25) is 0 Å². The van der Waals surface area contributed by atoms with Crippen LogP contribution in [0, 0.1) is 0 Å². The summed E-state index contributed by atoms with van der Waals surface area (Å²) >= 11 is 3.80. The highest BCUT2D eigenvalue weighted by Gasteiger charge is 2.14. The molecule has 0 spiro atoms. The monoisotopic (exact) mass is 250 g/mol. The lowest BCUT2D eigenvalue weighted by atomic mass is 10.1. The summed E-state index contributed by atoms with van der Waals surface area (Å²) in [5.74, 6) is 0. The van der Waals surface area contributed by atoms with Crippen molar-refractivity contribution < 1.29 is 0 Å². The molecule has 0 aromatic carbocycles.